The minimum absolute atomic E-state index is 0.0150. The number of aromatic carboxylic acids is 1. The molecule has 0 radical (unpaired) electrons. The number of rotatable bonds is 3. The number of carboxylic acids is 1. The number of pyridine rings is 1. The summed E-state index contributed by atoms with van der Waals surface area (Å²) in [5.41, 5.74) is -0.213. The number of halogens is 1. The van der Waals surface area contributed by atoms with Gasteiger partial charge in [0.25, 0.3) is 0 Å². The molecule has 6 nitrogen and oxygen atoms in total. The lowest BCUT2D eigenvalue weighted by molar-refractivity contribution is 0.0691. The first-order chi connectivity index (χ1) is 8.87. The molecule has 1 aliphatic rings. The van der Waals surface area contributed by atoms with E-state index in [0.29, 0.717) is 18.7 Å². The Morgan fingerprint density at radius 3 is 2.58 bits per heavy atom. The fourth-order valence-corrected chi connectivity index (χ4v) is 3.59. The van der Waals surface area contributed by atoms with Gasteiger partial charge < -0.3 is 10.4 Å². The summed E-state index contributed by atoms with van der Waals surface area (Å²) in [5.74, 6) is -0.514. The molecule has 0 amide bonds. The van der Waals surface area contributed by atoms with E-state index in [4.69, 9.17) is 16.7 Å². The van der Waals surface area contributed by atoms with E-state index >= 15 is 0 Å². The molecule has 1 saturated heterocycles. The normalized spacial score (nSPS) is 19.0. The molecule has 1 aliphatic heterocycles. The molecule has 104 valence electrons. The molecule has 2 rings (SSSR count). The molecular formula is C11H13ClN2O4S. The Morgan fingerprint density at radius 1 is 1.37 bits per heavy atom. The molecule has 0 aromatic carbocycles. The molecule has 2 N–H and O–H groups in total. The fraction of sp³-hybridized carbons (Fsp3) is 0.455. The maximum absolute atomic E-state index is 11.3. The third kappa shape index (κ3) is 3.57. The average Bonchev–Trinajstić information content (AvgIpc) is 2.34. The number of nitrogens with one attached hydrogen (secondary N) is 1. The van der Waals surface area contributed by atoms with Gasteiger partial charge >= 0.3 is 5.97 Å². The molecule has 1 aromatic heterocycles. The van der Waals surface area contributed by atoms with Crippen LogP contribution in [0.3, 0.4) is 0 Å². The summed E-state index contributed by atoms with van der Waals surface area (Å²) < 4.78 is 22.6. The lowest BCUT2D eigenvalue weighted by Gasteiger charge is -2.23. The first-order valence-electron chi connectivity index (χ1n) is 5.74. The van der Waals surface area contributed by atoms with Crippen LogP contribution in [0.2, 0.25) is 5.02 Å². The molecular weight excluding hydrogens is 292 g/mol. The highest BCUT2D eigenvalue weighted by atomic mass is 35.5. The van der Waals surface area contributed by atoms with Gasteiger partial charge in [-0.1, -0.05) is 11.6 Å². The number of hydrogen-bond donors (Lipinski definition) is 2. The van der Waals surface area contributed by atoms with E-state index in [0.717, 1.165) is 0 Å². The number of hydrogen-bond acceptors (Lipinski definition) is 5. The second-order valence-electron chi connectivity index (χ2n) is 4.40. The zero-order valence-corrected chi connectivity index (χ0v) is 11.5. The molecule has 0 unspecified atom stereocenters. The molecule has 0 spiro atoms. The second-order valence-corrected chi connectivity index (χ2v) is 7.11. The highest BCUT2D eigenvalue weighted by Crippen LogP contribution is 2.20. The SMILES string of the molecule is O=C(O)c1nc(NC2CCS(=O)(=O)CC2)ccc1Cl. The van der Waals surface area contributed by atoms with Gasteiger partial charge in [-0.15, -0.1) is 0 Å². The minimum Gasteiger partial charge on any atom is -0.476 e. The highest BCUT2D eigenvalue weighted by molar-refractivity contribution is 7.91. The molecule has 8 heteroatoms. The number of aromatic nitrogens is 1. The van der Waals surface area contributed by atoms with Crippen LogP contribution in [-0.4, -0.2) is 42.0 Å². The van der Waals surface area contributed by atoms with Crippen molar-refractivity contribution in [1.29, 1.82) is 0 Å². The summed E-state index contributed by atoms with van der Waals surface area (Å²) in [4.78, 5) is 14.8. The van der Waals surface area contributed by atoms with Gasteiger partial charge in [-0.3, -0.25) is 0 Å². The van der Waals surface area contributed by atoms with Crippen LogP contribution in [0.15, 0.2) is 12.1 Å². The number of carboxylic acid groups (broad SMARTS) is 1. The largest absolute Gasteiger partial charge is 0.476 e. The van der Waals surface area contributed by atoms with Crippen molar-refractivity contribution in [1.82, 2.24) is 4.98 Å². The number of nitrogens with zero attached hydrogens (tertiary/aromatic N) is 1. The smallest absolute Gasteiger partial charge is 0.356 e. The second kappa shape index (κ2) is 5.34. The lowest BCUT2D eigenvalue weighted by atomic mass is 10.1. The van der Waals surface area contributed by atoms with E-state index in [1.54, 1.807) is 6.07 Å². The maximum atomic E-state index is 11.3. The highest BCUT2D eigenvalue weighted by Gasteiger charge is 2.24. The predicted octanol–water partition coefficient (Wildman–Crippen LogP) is 1.42. The van der Waals surface area contributed by atoms with Crippen molar-refractivity contribution in [2.24, 2.45) is 0 Å². The van der Waals surface area contributed by atoms with E-state index in [1.165, 1.54) is 6.07 Å². The quantitative estimate of drug-likeness (QED) is 0.876. The first-order valence-corrected chi connectivity index (χ1v) is 7.94. The van der Waals surface area contributed by atoms with Crippen LogP contribution in [0, 0.1) is 0 Å². The standard InChI is InChI=1S/C11H13ClN2O4S/c12-8-1-2-9(14-10(8)11(15)16)13-7-3-5-19(17,18)6-4-7/h1-2,7H,3-6H2,(H,13,14)(H,15,16). The topological polar surface area (TPSA) is 96.4 Å². The fourth-order valence-electron chi connectivity index (χ4n) is 1.92. The predicted molar refractivity (Wildman–Crippen MR) is 71.5 cm³/mol. The Labute approximate surface area is 115 Å². The summed E-state index contributed by atoms with van der Waals surface area (Å²) in [6, 6.07) is 3.02. The molecule has 1 aromatic rings. The third-order valence-corrected chi connectivity index (χ3v) is 4.98. The third-order valence-electron chi connectivity index (χ3n) is 2.96. The van der Waals surface area contributed by atoms with Crippen LogP contribution in [0.25, 0.3) is 0 Å². The average molecular weight is 305 g/mol. The van der Waals surface area contributed by atoms with Gasteiger partial charge in [0.2, 0.25) is 0 Å². The first kappa shape index (κ1) is 14.1. The van der Waals surface area contributed by atoms with Crippen LogP contribution in [0.4, 0.5) is 5.82 Å². The number of carbonyl (C=O) groups is 1. The summed E-state index contributed by atoms with van der Waals surface area (Å²) in [5, 5.41) is 12.0. The van der Waals surface area contributed by atoms with Crippen molar-refractivity contribution < 1.29 is 18.3 Å². The van der Waals surface area contributed by atoms with Crippen molar-refractivity contribution in [2.45, 2.75) is 18.9 Å². The summed E-state index contributed by atoms with van der Waals surface area (Å²) >= 11 is 5.72. The van der Waals surface area contributed by atoms with Crippen molar-refractivity contribution in [3.05, 3.63) is 22.8 Å². The molecule has 19 heavy (non-hydrogen) atoms. The summed E-state index contributed by atoms with van der Waals surface area (Å²) in [6.45, 7) is 0. The molecule has 0 saturated carbocycles. The van der Waals surface area contributed by atoms with E-state index < -0.39 is 15.8 Å². The molecule has 0 atom stereocenters. The monoisotopic (exact) mass is 304 g/mol. The summed E-state index contributed by atoms with van der Waals surface area (Å²) in [7, 11) is -2.91. The Kier molecular flexibility index (Phi) is 3.96. The molecule has 2 heterocycles. The van der Waals surface area contributed by atoms with E-state index in [2.05, 4.69) is 10.3 Å². The summed E-state index contributed by atoms with van der Waals surface area (Å²) in [6.07, 6.45) is 0.990. The van der Waals surface area contributed by atoms with Crippen LogP contribution in [0.5, 0.6) is 0 Å². The maximum Gasteiger partial charge on any atom is 0.356 e. The minimum atomic E-state index is -2.91. The van der Waals surface area contributed by atoms with Gasteiger partial charge in [0, 0.05) is 6.04 Å². The van der Waals surface area contributed by atoms with Crippen LogP contribution in [0.1, 0.15) is 23.3 Å². The van der Waals surface area contributed by atoms with Crippen molar-refractivity contribution in [3.63, 3.8) is 0 Å². The number of sulfone groups is 1. The van der Waals surface area contributed by atoms with Gasteiger partial charge in [-0.05, 0) is 25.0 Å². The number of anilines is 1. The van der Waals surface area contributed by atoms with Crippen LogP contribution in [-0.2, 0) is 9.84 Å². The van der Waals surface area contributed by atoms with E-state index in [9.17, 15) is 13.2 Å². The lowest BCUT2D eigenvalue weighted by Crippen LogP contribution is -2.32. The van der Waals surface area contributed by atoms with Crippen LogP contribution < -0.4 is 5.32 Å². The van der Waals surface area contributed by atoms with E-state index in [-0.39, 0.29) is 28.3 Å². The Morgan fingerprint density at radius 2 is 2.00 bits per heavy atom. The van der Waals surface area contributed by atoms with E-state index in [1.807, 2.05) is 0 Å². The molecule has 0 aliphatic carbocycles. The molecule has 1 fully saturated rings. The van der Waals surface area contributed by atoms with Crippen molar-refractivity contribution in [3.8, 4) is 0 Å². The zero-order valence-electron chi connectivity index (χ0n) is 9.97. The van der Waals surface area contributed by atoms with Gasteiger partial charge in [-0.2, -0.15) is 0 Å². The molecule has 0 bridgehead atoms. The van der Waals surface area contributed by atoms with Crippen molar-refractivity contribution in [2.75, 3.05) is 16.8 Å². The Bertz CT molecular complexity index is 589. The van der Waals surface area contributed by atoms with Gasteiger partial charge in [0.1, 0.15) is 15.7 Å². The Balaban J connectivity index is 2.08. The van der Waals surface area contributed by atoms with Gasteiger partial charge in [-0.25, -0.2) is 18.2 Å². The van der Waals surface area contributed by atoms with Crippen molar-refractivity contribution >= 4 is 33.2 Å². The Hall–Kier alpha value is -1.34. The van der Waals surface area contributed by atoms with Gasteiger partial charge in [0.05, 0.1) is 16.5 Å². The zero-order chi connectivity index (χ0) is 14.0. The van der Waals surface area contributed by atoms with Crippen LogP contribution >= 0.6 is 11.6 Å². The van der Waals surface area contributed by atoms with Gasteiger partial charge in [0.15, 0.2) is 5.69 Å².